The first-order valence-corrected chi connectivity index (χ1v) is 7.36. The van der Waals surface area contributed by atoms with E-state index in [0.29, 0.717) is 0 Å². The minimum Gasteiger partial charge on any atom is -0.382 e. The summed E-state index contributed by atoms with van der Waals surface area (Å²) in [4.78, 5) is 7.59. The van der Waals surface area contributed by atoms with Crippen LogP contribution < -0.4 is 5.73 Å². The molecule has 0 saturated carbocycles. The van der Waals surface area contributed by atoms with Gasteiger partial charge in [0.25, 0.3) is 0 Å². The van der Waals surface area contributed by atoms with Gasteiger partial charge in [-0.15, -0.1) is 0 Å². The van der Waals surface area contributed by atoms with E-state index >= 15 is 0 Å². The molecule has 2 N–H and O–H groups in total. The van der Waals surface area contributed by atoms with Crippen LogP contribution in [0.3, 0.4) is 0 Å². The topological polar surface area (TPSA) is 85.9 Å². The van der Waals surface area contributed by atoms with Crippen LogP contribution in [0.15, 0.2) is 34.3 Å². The molecule has 0 spiro atoms. The molecule has 0 amide bonds. The van der Waals surface area contributed by atoms with E-state index in [2.05, 4.69) is 9.97 Å². The molecule has 1 aromatic carbocycles. The maximum absolute atomic E-state index is 12.5. The van der Waals surface area contributed by atoms with Gasteiger partial charge in [0, 0.05) is 0 Å². The normalized spacial score (nSPS) is 11.5. The van der Waals surface area contributed by atoms with Crippen LogP contribution in [0.25, 0.3) is 0 Å². The smallest absolute Gasteiger partial charge is 0.227 e. The van der Waals surface area contributed by atoms with E-state index in [1.165, 1.54) is 31.3 Å². The lowest BCUT2D eigenvalue weighted by Gasteiger charge is -2.08. The SMILES string of the molecule is Cc1nc(N)cnc1S(=O)(=O)c1cccc(Cl)c1Cl. The number of benzene rings is 1. The van der Waals surface area contributed by atoms with E-state index in [-0.39, 0.29) is 31.5 Å². The van der Waals surface area contributed by atoms with Crippen LogP contribution in [-0.2, 0) is 9.84 Å². The van der Waals surface area contributed by atoms with Crippen molar-refractivity contribution in [2.24, 2.45) is 0 Å². The fraction of sp³-hybridized carbons (Fsp3) is 0.0909. The van der Waals surface area contributed by atoms with Gasteiger partial charge in [-0.25, -0.2) is 18.4 Å². The summed E-state index contributed by atoms with van der Waals surface area (Å²) >= 11 is 11.7. The Bertz CT molecular complexity index is 748. The Labute approximate surface area is 120 Å². The Morgan fingerprint density at radius 3 is 2.58 bits per heavy atom. The molecule has 8 heteroatoms. The third-order valence-corrected chi connectivity index (χ3v) is 5.14. The van der Waals surface area contributed by atoms with Crippen LogP contribution in [0, 0.1) is 6.92 Å². The number of aromatic nitrogens is 2. The van der Waals surface area contributed by atoms with Gasteiger partial charge < -0.3 is 5.73 Å². The van der Waals surface area contributed by atoms with Crippen LogP contribution in [0.5, 0.6) is 0 Å². The molecule has 0 unspecified atom stereocenters. The van der Waals surface area contributed by atoms with E-state index in [1.807, 2.05) is 0 Å². The molecule has 1 aromatic heterocycles. The number of nitrogens with two attached hydrogens (primary N) is 1. The molecule has 2 rings (SSSR count). The van der Waals surface area contributed by atoms with Crippen molar-refractivity contribution < 1.29 is 8.42 Å². The van der Waals surface area contributed by atoms with Crippen LogP contribution in [0.1, 0.15) is 5.69 Å². The highest BCUT2D eigenvalue weighted by atomic mass is 35.5. The average molecular weight is 318 g/mol. The molecule has 100 valence electrons. The highest BCUT2D eigenvalue weighted by molar-refractivity contribution is 7.91. The molecule has 1 heterocycles. The predicted octanol–water partition coefficient (Wildman–Crippen LogP) is 2.51. The Morgan fingerprint density at radius 1 is 1.26 bits per heavy atom. The van der Waals surface area contributed by atoms with E-state index in [9.17, 15) is 8.42 Å². The number of halogens is 2. The molecule has 0 aliphatic rings. The van der Waals surface area contributed by atoms with Gasteiger partial charge >= 0.3 is 0 Å². The first kappa shape index (κ1) is 14.0. The second-order valence-electron chi connectivity index (χ2n) is 3.74. The number of aryl methyl sites for hydroxylation is 1. The van der Waals surface area contributed by atoms with Crippen molar-refractivity contribution in [3.8, 4) is 0 Å². The highest BCUT2D eigenvalue weighted by Crippen LogP contribution is 2.32. The molecule has 2 aromatic rings. The summed E-state index contributed by atoms with van der Waals surface area (Å²) in [5, 5.41) is -0.0724. The van der Waals surface area contributed by atoms with Gasteiger partial charge in [0.15, 0.2) is 5.03 Å². The predicted molar refractivity (Wildman–Crippen MR) is 73.1 cm³/mol. The molecule has 0 bridgehead atoms. The quantitative estimate of drug-likeness (QED) is 0.919. The number of nitrogens with zero attached hydrogens (tertiary/aromatic N) is 2. The van der Waals surface area contributed by atoms with E-state index in [1.54, 1.807) is 0 Å². The fourth-order valence-corrected chi connectivity index (χ4v) is 3.65. The summed E-state index contributed by atoms with van der Waals surface area (Å²) in [5.41, 5.74) is 5.65. The summed E-state index contributed by atoms with van der Waals surface area (Å²) < 4.78 is 24.9. The first-order chi connectivity index (χ1) is 8.84. The Morgan fingerprint density at radius 2 is 1.95 bits per heavy atom. The second kappa shape index (κ2) is 4.96. The molecule has 0 radical (unpaired) electrons. The largest absolute Gasteiger partial charge is 0.382 e. The highest BCUT2D eigenvalue weighted by Gasteiger charge is 2.26. The van der Waals surface area contributed by atoms with Crippen LogP contribution in [0.4, 0.5) is 5.82 Å². The zero-order chi connectivity index (χ0) is 14.2. The maximum atomic E-state index is 12.5. The van der Waals surface area contributed by atoms with Crippen molar-refractivity contribution in [1.29, 1.82) is 0 Å². The van der Waals surface area contributed by atoms with Gasteiger partial charge in [0.2, 0.25) is 9.84 Å². The van der Waals surface area contributed by atoms with Gasteiger partial charge in [-0.05, 0) is 19.1 Å². The summed E-state index contributed by atoms with van der Waals surface area (Å²) in [7, 11) is -3.89. The van der Waals surface area contributed by atoms with Crippen molar-refractivity contribution in [1.82, 2.24) is 9.97 Å². The third-order valence-electron chi connectivity index (χ3n) is 2.38. The minimum atomic E-state index is -3.89. The van der Waals surface area contributed by atoms with Crippen molar-refractivity contribution in [2.75, 3.05) is 5.73 Å². The molecule has 0 saturated heterocycles. The minimum absolute atomic E-state index is 0.0396. The molecule has 19 heavy (non-hydrogen) atoms. The van der Waals surface area contributed by atoms with Gasteiger partial charge in [-0.1, -0.05) is 29.3 Å². The number of hydrogen-bond donors (Lipinski definition) is 1. The number of sulfone groups is 1. The van der Waals surface area contributed by atoms with Crippen LogP contribution >= 0.6 is 23.2 Å². The van der Waals surface area contributed by atoms with Gasteiger partial charge in [-0.3, -0.25) is 0 Å². The van der Waals surface area contributed by atoms with Crippen molar-refractivity contribution in [2.45, 2.75) is 16.8 Å². The van der Waals surface area contributed by atoms with Crippen molar-refractivity contribution in [3.63, 3.8) is 0 Å². The molecule has 5 nitrogen and oxygen atoms in total. The first-order valence-electron chi connectivity index (χ1n) is 5.12. The summed E-state index contributed by atoms with van der Waals surface area (Å²) in [6, 6.07) is 4.37. The monoisotopic (exact) mass is 317 g/mol. The Kier molecular flexibility index (Phi) is 3.66. The van der Waals surface area contributed by atoms with Crippen LogP contribution in [0.2, 0.25) is 10.0 Å². The van der Waals surface area contributed by atoms with Crippen molar-refractivity contribution in [3.05, 3.63) is 40.1 Å². The average Bonchev–Trinajstić information content (AvgIpc) is 2.31. The number of hydrogen-bond acceptors (Lipinski definition) is 5. The lowest BCUT2D eigenvalue weighted by molar-refractivity contribution is 0.590. The molecule has 0 fully saturated rings. The Balaban J connectivity index is 2.69. The zero-order valence-electron chi connectivity index (χ0n) is 9.76. The van der Waals surface area contributed by atoms with Crippen LogP contribution in [-0.4, -0.2) is 18.4 Å². The molecule has 0 aliphatic carbocycles. The van der Waals surface area contributed by atoms with E-state index in [4.69, 9.17) is 28.9 Å². The number of anilines is 1. The molecular formula is C11H9Cl2N3O2S. The summed E-state index contributed by atoms with van der Waals surface area (Å²) in [5.74, 6) is 0.147. The fourth-order valence-electron chi connectivity index (χ4n) is 1.55. The third kappa shape index (κ3) is 2.51. The second-order valence-corrected chi connectivity index (χ2v) is 6.36. The van der Waals surface area contributed by atoms with Crippen molar-refractivity contribution >= 4 is 38.9 Å². The Hall–Kier alpha value is -1.37. The number of rotatable bonds is 2. The van der Waals surface area contributed by atoms with Gasteiger partial charge in [-0.2, -0.15) is 0 Å². The molecular weight excluding hydrogens is 309 g/mol. The summed E-state index contributed by atoms with van der Waals surface area (Å²) in [6.07, 6.45) is 1.18. The molecule has 0 aliphatic heterocycles. The zero-order valence-corrected chi connectivity index (χ0v) is 12.1. The van der Waals surface area contributed by atoms with Gasteiger partial charge in [0.05, 0.1) is 26.8 Å². The maximum Gasteiger partial charge on any atom is 0.227 e. The van der Waals surface area contributed by atoms with E-state index < -0.39 is 9.84 Å². The lowest BCUT2D eigenvalue weighted by atomic mass is 10.4. The van der Waals surface area contributed by atoms with E-state index in [0.717, 1.165) is 0 Å². The summed E-state index contributed by atoms with van der Waals surface area (Å²) in [6.45, 7) is 1.51. The van der Waals surface area contributed by atoms with Gasteiger partial charge in [0.1, 0.15) is 5.82 Å². The number of nitrogen functional groups attached to an aromatic ring is 1. The molecule has 0 atom stereocenters. The standard InChI is InChI=1S/C11H9Cl2N3O2S/c1-6-11(15-5-9(14)16-6)19(17,18)8-4-2-3-7(12)10(8)13/h2-5H,1H3,(H2,14,16). The lowest BCUT2D eigenvalue weighted by Crippen LogP contribution is -2.09.